The molecule has 0 radical (unpaired) electrons. The van der Waals surface area contributed by atoms with Crippen LogP contribution in [0.5, 0.6) is 11.5 Å². The van der Waals surface area contributed by atoms with Crippen LogP contribution in [0.4, 0.5) is 5.82 Å². The number of halogens is 1. The molecule has 0 aliphatic carbocycles. The van der Waals surface area contributed by atoms with Crippen LogP contribution in [0.1, 0.15) is 30.1 Å². The third-order valence-electron chi connectivity index (χ3n) is 4.77. The Labute approximate surface area is 174 Å². The molecule has 0 atom stereocenters. The second-order valence-corrected chi connectivity index (χ2v) is 7.60. The van der Waals surface area contributed by atoms with Gasteiger partial charge in [0, 0.05) is 42.4 Å². The van der Waals surface area contributed by atoms with Crippen molar-refractivity contribution in [1.29, 1.82) is 0 Å². The topological polar surface area (TPSA) is 54.9 Å². The van der Waals surface area contributed by atoms with Crippen LogP contribution in [-0.4, -0.2) is 55.7 Å². The molecule has 1 fully saturated rings. The number of unbranched alkanes of at least 4 members (excludes halogenated alkanes) is 1. The molecule has 0 saturated carbocycles. The van der Waals surface area contributed by atoms with E-state index in [9.17, 15) is 4.79 Å². The van der Waals surface area contributed by atoms with Crippen molar-refractivity contribution in [3.8, 4) is 11.5 Å². The van der Waals surface area contributed by atoms with E-state index in [-0.39, 0.29) is 5.91 Å². The summed E-state index contributed by atoms with van der Waals surface area (Å²) in [6.07, 6.45) is 3.85. The van der Waals surface area contributed by atoms with Gasteiger partial charge in [-0.05, 0) is 52.7 Å². The zero-order valence-corrected chi connectivity index (χ0v) is 17.9. The van der Waals surface area contributed by atoms with Crippen LogP contribution in [0.15, 0.2) is 41.0 Å². The van der Waals surface area contributed by atoms with Crippen molar-refractivity contribution in [3.05, 3.63) is 46.6 Å². The highest BCUT2D eigenvalue weighted by molar-refractivity contribution is 9.10. The summed E-state index contributed by atoms with van der Waals surface area (Å²) in [5.41, 5.74) is 0.620. The number of amides is 1. The van der Waals surface area contributed by atoms with Crippen molar-refractivity contribution >= 4 is 27.7 Å². The molecule has 1 aliphatic heterocycles. The number of aromatic nitrogens is 1. The molecule has 0 N–H and O–H groups in total. The first kappa shape index (κ1) is 20.5. The molecule has 7 heteroatoms. The average molecular weight is 448 g/mol. The summed E-state index contributed by atoms with van der Waals surface area (Å²) < 4.78 is 12.1. The number of nitrogens with zero attached hydrogens (tertiary/aromatic N) is 3. The first-order chi connectivity index (χ1) is 13.6. The van der Waals surface area contributed by atoms with Gasteiger partial charge in [-0.15, -0.1) is 0 Å². The number of piperazine rings is 1. The number of carbonyl (C=O) groups excluding carboxylic acids is 1. The van der Waals surface area contributed by atoms with E-state index in [4.69, 9.17) is 9.47 Å². The highest BCUT2D eigenvalue weighted by Gasteiger charge is 2.23. The number of ether oxygens (including phenoxy) is 2. The van der Waals surface area contributed by atoms with E-state index in [1.807, 2.05) is 29.2 Å². The molecule has 1 aromatic carbocycles. The summed E-state index contributed by atoms with van der Waals surface area (Å²) in [6, 6.07) is 9.38. The Morgan fingerprint density at radius 3 is 2.57 bits per heavy atom. The minimum atomic E-state index is 0.0156. The maximum absolute atomic E-state index is 12.9. The fraction of sp³-hybridized carbons (Fsp3) is 0.429. The summed E-state index contributed by atoms with van der Waals surface area (Å²) in [5.74, 6) is 2.23. The second-order valence-electron chi connectivity index (χ2n) is 6.68. The third-order valence-corrected chi connectivity index (χ3v) is 5.24. The standard InChI is InChI=1S/C21H26BrN3O3/c1-3-4-13-28-18-7-5-16(14-19(18)27-2)21(26)25-11-9-24(10-12-25)20-8-6-17(22)15-23-20/h5-8,14-15H,3-4,9-13H2,1-2H3. The molecule has 1 amide bonds. The van der Waals surface area contributed by atoms with Crippen LogP contribution in [0.25, 0.3) is 0 Å². The van der Waals surface area contributed by atoms with Gasteiger partial charge in [-0.2, -0.15) is 0 Å². The van der Waals surface area contributed by atoms with Crippen molar-refractivity contribution in [1.82, 2.24) is 9.88 Å². The van der Waals surface area contributed by atoms with E-state index in [0.29, 0.717) is 36.8 Å². The fourth-order valence-corrected chi connectivity index (χ4v) is 3.36. The molecule has 1 saturated heterocycles. The Kier molecular flexibility index (Phi) is 7.14. The van der Waals surface area contributed by atoms with Gasteiger partial charge in [0.2, 0.25) is 0 Å². The molecule has 1 aliphatic rings. The van der Waals surface area contributed by atoms with Crippen molar-refractivity contribution in [2.75, 3.05) is 44.8 Å². The Balaban J connectivity index is 1.62. The predicted molar refractivity (Wildman–Crippen MR) is 113 cm³/mol. The van der Waals surface area contributed by atoms with Crippen molar-refractivity contribution in [2.24, 2.45) is 0 Å². The van der Waals surface area contributed by atoms with E-state index in [1.165, 1.54) is 0 Å². The fourth-order valence-electron chi connectivity index (χ4n) is 3.12. The number of benzene rings is 1. The average Bonchev–Trinajstić information content (AvgIpc) is 2.74. The summed E-state index contributed by atoms with van der Waals surface area (Å²) >= 11 is 3.41. The van der Waals surface area contributed by atoms with Gasteiger partial charge in [0.15, 0.2) is 11.5 Å². The van der Waals surface area contributed by atoms with Gasteiger partial charge in [-0.25, -0.2) is 4.98 Å². The molecule has 2 aromatic rings. The van der Waals surface area contributed by atoms with Crippen LogP contribution in [0, 0.1) is 0 Å². The maximum Gasteiger partial charge on any atom is 0.254 e. The molecular formula is C21H26BrN3O3. The zero-order valence-electron chi connectivity index (χ0n) is 16.4. The van der Waals surface area contributed by atoms with Crippen molar-refractivity contribution in [2.45, 2.75) is 19.8 Å². The molecule has 6 nitrogen and oxygen atoms in total. The highest BCUT2D eigenvalue weighted by Crippen LogP contribution is 2.29. The summed E-state index contributed by atoms with van der Waals surface area (Å²) in [6.45, 7) is 5.60. The Morgan fingerprint density at radius 1 is 1.14 bits per heavy atom. The number of rotatable bonds is 7. The summed E-state index contributed by atoms with van der Waals surface area (Å²) in [4.78, 5) is 21.4. The van der Waals surface area contributed by atoms with Gasteiger partial charge in [-0.1, -0.05) is 13.3 Å². The smallest absolute Gasteiger partial charge is 0.254 e. The quantitative estimate of drug-likeness (QED) is 0.600. The van der Waals surface area contributed by atoms with Crippen LogP contribution >= 0.6 is 15.9 Å². The zero-order chi connectivity index (χ0) is 19.9. The van der Waals surface area contributed by atoms with E-state index >= 15 is 0 Å². The van der Waals surface area contributed by atoms with E-state index in [2.05, 4.69) is 32.7 Å². The molecule has 2 heterocycles. The lowest BCUT2D eigenvalue weighted by Crippen LogP contribution is -2.49. The molecule has 150 valence electrons. The SMILES string of the molecule is CCCCOc1ccc(C(=O)N2CCN(c3ccc(Br)cn3)CC2)cc1OC. The molecule has 0 spiro atoms. The van der Waals surface area contributed by atoms with Gasteiger partial charge in [0.1, 0.15) is 5.82 Å². The van der Waals surface area contributed by atoms with Crippen LogP contribution in [0.3, 0.4) is 0 Å². The Morgan fingerprint density at radius 2 is 1.93 bits per heavy atom. The first-order valence-electron chi connectivity index (χ1n) is 9.59. The largest absolute Gasteiger partial charge is 0.493 e. The number of methoxy groups -OCH3 is 1. The third kappa shape index (κ3) is 4.95. The van der Waals surface area contributed by atoms with E-state index < -0.39 is 0 Å². The Bertz CT molecular complexity index is 790. The van der Waals surface area contributed by atoms with Crippen LogP contribution in [-0.2, 0) is 0 Å². The predicted octanol–water partition coefficient (Wildman–Crippen LogP) is 3.99. The number of anilines is 1. The van der Waals surface area contributed by atoms with Crippen LogP contribution < -0.4 is 14.4 Å². The lowest BCUT2D eigenvalue weighted by Gasteiger charge is -2.35. The van der Waals surface area contributed by atoms with E-state index in [0.717, 1.165) is 36.2 Å². The molecular weight excluding hydrogens is 422 g/mol. The van der Waals surface area contributed by atoms with Crippen molar-refractivity contribution in [3.63, 3.8) is 0 Å². The normalized spacial score (nSPS) is 14.1. The molecule has 28 heavy (non-hydrogen) atoms. The lowest BCUT2D eigenvalue weighted by atomic mass is 10.1. The second kappa shape index (κ2) is 9.78. The van der Waals surface area contributed by atoms with E-state index in [1.54, 1.807) is 19.4 Å². The lowest BCUT2D eigenvalue weighted by molar-refractivity contribution is 0.0746. The van der Waals surface area contributed by atoms with Crippen LogP contribution in [0.2, 0.25) is 0 Å². The molecule has 1 aromatic heterocycles. The number of hydrogen-bond acceptors (Lipinski definition) is 5. The highest BCUT2D eigenvalue weighted by atomic mass is 79.9. The van der Waals surface area contributed by atoms with Gasteiger partial charge in [0.25, 0.3) is 5.91 Å². The van der Waals surface area contributed by atoms with Gasteiger partial charge >= 0.3 is 0 Å². The molecule has 0 unspecified atom stereocenters. The number of pyridine rings is 1. The maximum atomic E-state index is 12.9. The van der Waals surface area contributed by atoms with Gasteiger partial charge < -0.3 is 19.3 Å². The minimum absolute atomic E-state index is 0.0156. The number of hydrogen-bond donors (Lipinski definition) is 0. The van der Waals surface area contributed by atoms with Gasteiger partial charge in [-0.3, -0.25) is 4.79 Å². The summed E-state index contributed by atoms with van der Waals surface area (Å²) in [5, 5.41) is 0. The molecule has 0 bridgehead atoms. The van der Waals surface area contributed by atoms with Crippen molar-refractivity contribution < 1.29 is 14.3 Å². The first-order valence-corrected chi connectivity index (χ1v) is 10.4. The minimum Gasteiger partial charge on any atom is -0.493 e. The summed E-state index contributed by atoms with van der Waals surface area (Å²) in [7, 11) is 1.60. The molecule has 3 rings (SSSR count). The number of carbonyl (C=O) groups is 1. The monoisotopic (exact) mass is 447 g/mol. The Hall–Kier alpha value is -2.28. The van der Waals surface area contributed by atoms with Gasteiger partial charge in [0.05, 0.1) is 13.7 Å².